The third kappa shape index (κ3) is 1.57. The van der Waals surface area contributed by atoms with Gasteiger partial charge in [0.2, 0.25) is 0 Å². The van der Waals surface area contributed by atoms with Crippen molar-refractivity contribution in [3.63, 3.8) is 0 Å². The van der Waals surface area contributed by atoms with Crippen LogP contribution in [0.25, 0.3) is 0 Å². The molecule has 0 radical (unpaired) electrons. The summed E-state index contributed by atoms with van der Waals surface area (Å²) in [6, 6.07) is 8.95. The van der Waals surface area contributed by atoms with Crippen LogP contribution in [0.1, 0.15) is 42.9 Å². The molecule has 1 aliphatic heterocycles. The Kier molecular flexibility index (Phi) is 2.30. The Bertz CT molecular complexity index is 397. The summed E-state index contributed by atoms with van der Waals surface area (Å²) in [6.07, 6.45) is 4.36. The van der Waals surface area contributed by atoms with Crippen molar-refractivity contribution in [3.05, 3.63) is 35.4 Å². The predicted octanol–water partition coefficient (Wildman–Crippen LogP) is 2.43. The molecule has 3 rings (SSSR count). The number of hydrogen-bond donors (Lipinski definition) is 1. The third-order valence-electron chi connectivity index (χ3n) is 4.07. The predicted molar refractivity (Wildman–Crippen MR) is 64.2 cm³/mol. The maximum atomic E-state index is 10.3. The molecule has 1 aromatic rings. The molecule has 2 heteroatoms. The molecule has 1 atom stereocenters. The molecule has 1 aromatic carbocycles. The molecule has 0 amide bonds. The fraction of sp³-hybridized carbons (Fsp3) is 0.571. The van der Waals surface area contributed by atoms with E-state index < -0.39 is 5.60 Å². The quantitative estimate of drug-likeness (QED) is 0.822. The van der Waals surface area contributed by atoms with Gasteiger partial charge in [-0.15, -0.1) is 0 Å². The van der Waals surface area contributed by atoms with Crippen LogP contribution in [0, 0.1) is 0 Å². The first-order chi connectivity index (χ1) is 7.71. The van der Waals surface area contributed by atoms with Gasteiger partial charge in [-0.05, 0) is 50.4 Å². The fourth-order valence-electron chi connectivity index (χ4n) is 2.90. The molecule has 2 nitrogen and oxygen atoms in total. The lowest BCUT2D eigenvalue weighted by molar-refractivity contribution is 0.148. The maximum Gasteiger partial charge on any atom is 0.0902 e. The molecule has 1 N–H and O–H groups in total. The highest BCUT2D eigenvalue weighted by atomic mass is 16.3. The van der Waals surface area contributed by atoms with Crippen LogP contribution in [-0.2, 0) is 5.60 Å². The van der Waals surface area contributed by atoms with Crippen molar-refractivity contribution < 1.29 is 5.11 Å². The molecule has 16 heavy (non-hydrogen) atoms. The van der Waals surface area contributed by atoms with Crippen molar-refractivity contribution >= 4 is 0 Å². The highest BCUT2D eigenvalue weighted by molar-refractivity contribution is 5.38. The highest BCUT2D eigenvalue weighted by Crippen LogP contribution is 2.48. The summed E-state index contributed by atoms with van der Waals surface area (Å²) in [5, 5.41) is 10.3. The van der Waals surface area contributed by atoms with Gasteiger partial charge in [0.1, 0.15) is 0 Å². The lowest BCUT2D eigenvalue weighted by atomic mass is 9.94. The Hall–Kier alpha value is -0.860. The largest absolute Gasteiger partial charge is 0.385 e. The molecular formula is C14H19NO. The number of aliphatic hydroxyl groups is 1. The Morgan fingerprint density at radius 3 is 2.69 bits per heavy atom. The molecule has 2 fully saturated rings. The van der Waals surface area contributed by atoms with Crippen LogP contribution in [0.4, 0.5) is 0 Å². The molecule has 86 valence electrons. The van der Waals surface area contributed by atoms with Crippen LogP contribution in [0.15, 0.2) is 24.3 Å². The molecule has 1 saturated heterocycles. The first-order valence-corrected chi connectivity index (χ1v) is 6.23. The summed E-state index contributed by atoms with van der Waals surface area (Å²) < 4.78 is 0. The summed E-state index contributed by atoms with van der Waals surface area (Å²) in [4.78, 5) is 2.41. The minimum Gasteiger partial charge on any atom is -0.385 e. The Morgan fingerprint density at radius 1 is 1.31 bits per heavy atom. The van der Waals surface area contributed by atoms with Gasteiger partial charge >= 0.3 is 0 Å². The van der Waals surface area contributed by atoms with Gasteiger partial charge in [-0.2, -0.15) is 0 Å². The van der Waals surface area contributed by atoms with Crippen LogP contribution in [0.2, 0.25) is 0 Å². The number of hydrogen-bond acceptors (Lipinski definition) is 2. The van der Waals surface area contributed by atoms with Crippen molar-refractivity contribution in [3.8, 4) is 0 Å². The number of benzene rings is 1. The van der Waals surface area contributed by atoms with Crippen molar-refractivity contribution in [1.82, 2.24) is 4.90 Å². The van der Waals surface area contributed by atoms with Gasteiger partial charge in [0.05, 0.1) is 5.60 Å². The minimum absolute atomic E-state index is 0.500. The van der Waals surface area contributed by atoms with E-state index in [0.717, 1.165) is 12.8 Å². The summed E-state index contributed by atoms with van der Waals surface area (Å²) in [5.74, 6) is 0. The van der Waals surface area contributed by atoms with Crippen LogP contribution in [0.5, 0.6) is 0 Å². The van der Waals surface area contributed by atoms with Crippen molar-refractivity contribution in [2.24, 2.45) is 0 Å². The molecule has 0 bridgehead atoms. The van der Waals surface area contributed by atoms with E-state index in [1.807, 2.05) is 6.07 Å². The standard InChI is InChI=1S/C14H19NO/c1-15-10-4-7-13(15)11-5-2-3-6-12(11)14(16)8-9-14/h2-3,5-6,13,16H,4,7-10H2,1H3. The van der Waals surface area contributed by atoms with Crippen LogP contribution < -0.4 is 0 Å². The van der Waals surface area contributed by atoms with E-state index in [-0.39, 0.29) is 0 Å². The van der Waals surface area contributed by atoms with E-state index >= 15 is 0 Å². The monoisotopic (exact) mass is 217 g/mol. The molecule has 1 heterocycles. The van der Waals surface area contributed by atoms with Crippen LogP contribution >= 0.6 is 0 Å². The Balaban J connectivity index is 2.00. The second-order valence-electron chi connectivity index (χ2n) is 5.26. The van der Waals surface area contributed by atoms with E-state index in [2.05, 4.69) is 30.1 Å². The van der Waals surface area contributed by atoms with E-state index in [1.54, 1.807) is 0 Å². The summed E-state index contributed by atoms with van der Waals surface area (Å²) in [5.41, 5.74) is 2.02. The average molecular weight is 217 g/mol. The summed E-state index contributed by atoms with van der Waals surface area (Å²) in [7, 11) is 2.19. The molecule has 0 aromatic heterocycles. The Morgan fingerprint density at radius 2 is 2.06 bits per heavy atom. The first-order valence-electron chi connectivity index (χ1n) is 6.23. The van der Waals surface area contributed by atoms with E-state index in [0.29, 0.717) is 6.04 Å². The number of nitrogens with zero attached hydrogens (tertiary/aromatic N) is 1. The van der Waals surface area contributed by atoms with Gasteiger partial charge in [-0.25, -0.2) is 0 Å². The van der Waals surface area contributed by atoms with Gasteiger partial charge in [0, 0.05) is 6.04 Å². The zero-order valence-electron chi connectivity index (χ0n) is 9.82. The second kappa shape index (κ2) is 3.57. The first kappa shape index (κ1) is 10.3. The zero-order valence-corrected chi connectivity index (χ0v) is 9.82. The topological polar surface area (TPSA) is 23.5 Å². The molecule has 2 aliphatic rings. The van der Waals surface area contributed by atoms with Crippen LogP contribution in [0.3, 0.4) is 0 Å². The van der Waals surface area contributed by atoms with Gasteiger partial charge in [-0.3, -0.25) is 4.90 Å². The van der Waals surface area contributed by atoms with Crippen molar-refractivity contribution in [1.29, 1.82) is 0 Å². The average Bonchev–Trinajstić information content (AvgIpc) is 2.89. The van der Waals surface area contributed by atoms with Gasteiger partial charge in [-0.1, -0.05) is 24.3 Å². The molecular weight excluding hydrogens is 198 g/mol. The Labute approximate surface area is 96.9 Å². The highest BCUT2D eigenvalue weighted by Gasteiger charge is 2.44. The third-order valence-corrected chi connectivity index (χ3v) is 4.07. The summed E-state index contributed by atoms with van der Waals surface area (Å²) >= 11 is 0. The van der Waals surface area contributed by atoms with Gasteiger partial charge in [0.25, 0.3) is 0 Å². The fourth-order valence-corrected chi connectivity index (χ4v) is 2.90. The van der Waals surface area contributed by atoms with E-state index in [1.165, 1.54) is 30.5 Å². The molecule has 1 saturated carbocycles. The van der Waals surface area contributed by atoms with Crippen molar-refractivity contribution in [2.45, 2.75) is 37.3 Å². The second-order valence-corrected chi connectivity index (χ2v) is 5.26. The molecule has 1 unspecified atom stereocenters. The molecule has 0 spiro atoms. The van der Waals surface area contributed by atoms with E-state index in [9.17, 15) is 5.11 Å². The zero-order chi connectivity index (χ0) is 11.2. The minimum atomic E-state index is -0.500. The van der Waals surface area contributed by atoms with Crippen molar-refractivity contribution in [2.75, 3.05) is 13.6 Å². The normalized spacial score (nSPS) is 28.2. The summed E-state index contributed by atoms with van der Waals surface area (Å²) in [6.45, 7) is 1.18. The number of likely N-dealkylation sites (tertiary alicyclic amines) is 1. The maximum absolute atomic E-state index is 10.3. The SMILES string of the molecule is CN1CCCC1c1ccccc1C1(O)CC1. The lowest BCUT2D eigenvalue weighted by Crippen LogP contribution is -2.20. The smallest absolute Gasteiger partial charge is 0.0902 e. The van der Waals surface area contributed by atoms with E-state index in [4.69, 9.17) is 0 Å². The van der Waals surface area contributed by atoms with Gasteiger partial charge in [0.15, 0.2) is 0 Å². The lowest BCUT2D eigenvalue weighted by Gasteiger charge is -2.24. The number of rotatable bonds is 2. The van der Waals surface area contributed by atoms with Gasteiger partial charge < -0.3 is 5.11 Å². The van der Waals surface area contributed by atoms with Crippen LogP contribution in [-0.4, -0.2) is 23.6 Å². The molecule has 1 aliphatic carbocycles.